The predicted molar refractivity (Wildman–Crippen MR) is 74.0 cm³/mol. The second kappa shape index (κ2) is 7.41. The van der Waals surface area contributed by atoms with Gasteiger partial charge in [-0.2, -0.15) is 0 Å². The van der Waals surface area contributed by atoms with Gasteiger partial charge in [0.2, 0.25) is 5.70 Å². The van der Waals surface area contributed by atoms with Gasteiger partial charge in [-0.25, -0.2) is 0 Å². The maximum atomic E-state index is 10.8. The number of rotatable bonds is 7. The molecule has 1 aromatic rings. The topological polar surface area (TPSA) is 61.6 Å². The van der Waals surface area contributed by atoms with Crippen LogP contribution >= 0.6 is 0 Å². The number of methoxy groups -OCH3 is 1. The Labute approximate surface area is 113 Å². The van der Waals surface area contributed by atoms with Crippen LogP contribution in [0.2, 0.25) is 0 Å². The molecule has 1 aromatic carbocycles. The zero-order valence-corrected chi connectivity index (χ0v) is 11.5. The van der Waals surface area contributed by atoms with Crippen molar-refractivity contribution in [2.45, 2.75) is 26.7 Å². The lowest BCUT2D eigenvalue weighted by atomic mass is 10.1. The summed E-state index contributed by atoms with van der Waals surface area (Å²) in [4.78, 5) is 10.4. The molecule has 0 aliphatic rings. The zero-order valence-electron chi connectivity index (χ0n) is 11.5. The molecule has 0 heterocycles. The molecule has 0 aromatic heterocycles. The van der Waals surface area contributed by atoms with Gasteiger partial charge in [-0.15, -0.1) is 0 Å². The van der Waals surface area contributed by atoms with E-state index in [1.165, 1.54) is 0 Å². The van der Waals surface area contributed by atoms with Crippen molar-refractivity contribution in [3.8, 4) is 11.5 Å². The van der Waals surface area contributed by atoms with E-state index in [4.69, 9.17) is 9.47 Å². The van der Waals surface area contributed by atoms with Crippen molar-refractivity contribution in [3.05, 3.63) is 39.6 Å². The SMILES string of the molecule is CCCOc1cc(/C=C(/CC)[N+](=O)[O-])ccc1OC. The van der Waals surface area contributed by atoms with E-state index in [0.29, 0.717) is 24.5 Å². The normalized spacial score (nSPS) is 11.2. The van der Waals surface area contributed by atoms with Gasteiger partial charge in [-0.1, -0.05) is 19.9 Å². The summed E-state index contributed by atoms with van der Waals surface area (Å²) >= 11 is 0. The molecule has 0 radical (unpaired) electrons. The Hall–Kier alpha value is -2.04. The summed E-state index contributed by atoms with van der Waals surface area (Å²) in [6.45, 7) is 4.35. The highest BCUT2D eigenvalue weighted by Crippen LogP contribution is 2.29. The van der Waals surface area contributed by atoms with Gasteiger partial charge in [-0.3, -0.25) is 10.1 Å². The molecule has 0 spiro atoms. The molecule has 0 amide bonds. The van der Waals surface area contributed by atoms with Gasteiger partial charge in [0, 0.05) is 12.5 Å². The number of hydrogen-bond acceptors (Lipinski definition) is 4. The molecule has 5 nitrogen and oxygen atoms in total. The van der Waals surface area contributed by atoms with Crippen molar-refractivity contribution in [3.63, 3.8) is 0 Å². The first kappa shape index (κ1) is 15.0. The van der Waals surface area contributed by atoms with Crippen LogP contribution in [0.5, 0.6) is 11.5 Å². The molecule has 0 fully saturated rings. The van der Waals surface area contributed by atoms with Crippen LogP contribution in [-0.4, -0.2) is 18.6 Å². The molecule has 0 saturated carbocycles. The van der Waals surface area contributed by atoms with E-state index < -0.39 is 0 Å². The van der Waals surface area contributed by atoms with E-state index in [1.54, 1.807) is 38.3 Å². The van der Waals surface area contributed by atoms with Crippen molar-refractivity contribution < 1.29 is 14.4 Å². The van der Waals surface area contributed by atoms with Gasteiger partial charge in [0.1, 0.15) is 0 Å². The second-order valence-electron chi connectivity index (χ2n) is 4.01. The van der Waals surface area contributed by atoms with Crippen LogP contribution < -0.4 is 9.47 Å². The smallest absolute Gasteiger partial charge is 0.246 e. The third-order valence-electron chi connectivity index (χ3n) is 2.58. The minimum absolute atomic E-state index is 0.173. The van der Waals surface area contributed by atoms with Crippen molar-refractivity contribution in [2.24, 2.45) is 0 Å². The van der Waals surface area contributed by atoms with Crippen molar-refractivity contribution in [1.29, 1.82) is 0 Å². The summed E-state index contributed by atoms with van der Waals surface area (Å²) in [6, 6.07) is 5.29. The molecule has 0 bridgehead atoms. The van der Waals surface area contributed by atoms with E-state index in [1.807, 2.05) is 6.92 Å². The summed E-state index contributed by atoms with van der Waals surface area (Å²) in [6.07, 6.45) is 2.82. The van der Waals surface area contributed by atoms with Crippen LogP contribution in [0.4, 0.5) is 0 Å². The lowest BCUT2D eigenvalue weighted by molar-refractivity contribution is -0.425. The fraction of sp³-hybridized carbons (Fsp3) is 0.429. The summed E-state index contributed by atoms with van der Waals surface area (Å²) in [7, 11) is 1.57. The van der Waals surface area contributed by atoms with Crippen LogP contribution in [0.25, 0.3) is 6.08 Å². The molecule has 0 aliphatic carbocycles. The number of benzene rings is 1. The monoisotopic (exact) mass is 265 g/mol. The van der Waals surface area contributed by atoms with E-state index >= 15 is 0 Å². The van der Waals surface area contributed by atoms with Crippen LogP contribution in [0.3, 0.4) is 0 Å². The molecular formula is C14H19NO4. The fourth-order valence-electron chi connectivity index (χ4n) is 1.58. The Balaban J connectivity index is 3.06. The molecule has 0 N–H and O–H groups in total. The van der Waals surface area contributed by atoms with Gasteiger partial charge >= 0.3 is 0 Å². The molecule has 104 valence electrons. The Bertz CT molecular complexity index is 469. The average Bonchev–Trinajstić information content (AvgIpc) is 2.42. The van der Waals surface area contributed by atoms with E-state index in [-0.39, 0.29) is 10.6 Å². The minimum Gasteiger partial charge on any atom is -0.493 e. The molecular weight excluding hydrogens is 246 g/mol. The lowest BCUT2D eigenvalue weighted by Gasteiger charge is -2.10. The summed E-state index contributed by atoms with van der Waals surface area (Å²) in [5, 5.41) is 10.8. The van der Waals surface area contributed by atoms with Crippen molar-refractivity contribution in [1.82, 2.24) is 0 Å². The molecule has 19 heavy (non-hydrogen) atoms. The van der Waals surface area contributed by atoms with Crippen LogP contribution in [0.15, 0.2) is 23.9 Å². The Kier molecular flexibility index (Phi) is 5.85. The van der Waals surface area contributed by atoms with E-state index in [0.717, 1.165) is 12.0 Å². The Morgan fingerprint density at radius 1 is 1.37 bits per heavy atom. The second-order valence-corrected chi connectivity index (χ2v) is 4.01. The lowest BCUT2D eigenvalue weighted by Crippen LogP contribution is -1.99. The summed E-state index contributed by atoms with van der Waals surface area (Å²) < 4.78 is 10.8. The van der Waals surface area contributed by atoms with Crippen LogP contribution in [0.1, 0.15) is 32.3 Å². The number of ether oxygens (including phenoxy) is 2. The number of hydrogen-bond donors (Lipinski definition) is 0. The average molecular weight is 265 g/mol. The number of allylic oxidation sites excluding steroid dienone is 1. The van der Waals surface area contributed by atoms with Gasteiger partial charge < -0.3 is 9.47 Å². The first-order valence-corrected chi connectivity index (χ1v) is 6.28. The molecule has 0 unspecified atom stereocenters. The van der Waals surface area contributed by atoms with Crippen LogP contribution in [0, 0.1) is 10.1 Å². The van der Waals surface area contributed by atoms with Crippen molar-refractivity contribution >= 4 is 6.08 Å². The molecule has 0 atom stereocenters. The Morgan fingerprint density at radius 3 is 2.63 bits per heavy atom. The highest BCUT2D eigenvalue weighted by molar-refractivity contribution is 5.57. The molecule has 0 saturated heterocycles. The maximum absolute atomic E-state index is 10.8. The quantitative estimate of drug-likeness (QED) is 0.559. The van der Waals surface area contributed by atoms with Gasteiger partial charge in [0.15, 0.2) is 11.5 Å². The molecule has 5 heteroatoms. The fourth-order valence-corrected chi connectivity index (χ4v) is 1.58. The van der Waals surface area contributed by atoms with Crippen LogP contribution in [-0.2, 0) is 0 Å². The number of nitro groups is 1. The maximum Gasteiger partial charge on any atom is 0.246 e. The van der Waals surface area contributed by atoms with Gasteiger partial charge in [-0.05, 0) is 24.1 Å². The Morgan fingerprint density at radius 2 is 2.11 bits per heavy atom. The predicted octanol–water partition coefficient (Wildman–Crippen LogP) is 3.51. The zero-order chi connectivity index (χ0) is 14.3. The van der Waals surface area contributed by atoms with Gasteiger partial charge in [0.25, 0.3) is 0 Å². The summed E-state index contributed by atoms with van der Waals surface area (Å²) in [5.74, 6) is 1.24. The van der Waals surface area contributed by atoms with E-state index in [2.05, 4.69) is 0 Å². The first-order chi connectivity index (χ1) is 9.12. The largest absolute Gasteiger partial charge is 0.493 e. The van der Waals surface area contributed by atoms with Gasteiger partial charge in [0.05, 0.1) is 18.6 Å². The molecule has 0 aliphatic heterocycles. The van der Waals surface area contributed by atoms with Crippen molar-refractivity contribution in [2.75, 3.05) is 13.7 Å². The highest BCUT2D eigenvalue weighted by Gasteiger charge is 2.09. The highest BCUT2D eigenvalue weighted by atomic mass is 16.6. The third kappa shape index (κ3) is 4.28. The number of nitrogens with zero attached hydrogens (tertiary/aromatic N) is 1. The standard InChI is InChI=1S/C14H19NO4/c1-4-8-19-14-10-11(6-7-13(14)18-3)9-12(5-2)15(16)17/h6-7,9-10H,4-5,8H2,1-3H3/b12-9-. The third-order valence-corrected chi connectivity index (χ3v) is 2.58. The minimum atomic E-state index is -0.364. The summed E-state index contributed by atoms with van der Waals surface area (Å²) in [5.41, 5.74) is 0.909. The van der Waals surface area contributed by atoms with E-state index in [9.17, 15) is 10.1 Å². The molecule has 1 rings (SSSR count). The first-order valence-electron chi connectivity index (χ1n) is 6.28.